The fraction of sp³-hybridized carbons (Fsp3) is 0.519. The van der Waals surface area contributed by atoms with Crippen LogP contribution in [0.4, 0.5) is 30.7 Å². The normalized spacial score (nSPS) is 19.4. The van der Waals surface area contributed by atoms with Crippen molar-refractivity contribution < 1.29 is 43.9 Å². The molecule has 5 nitrogen and oxygen atoms in total. The summed E-state index contributed by atoms with van der Waals surface area (Å²) in [5.41, 5.74) is -2.04. The van der Waals surface area contributed by atoms with E-state index in [1.54, 1.807) is 13.0 Å². The summed E-state index contributed by atoms with van der Waals surface area (Å²) in [6.45, 7) is 3.86. The predicted octanol–water partition coefficient (Wildman–Crippen LogP) is 6.26. The zero-order valence-corrected chi connectivity index (χ0v) is 24.4. The van der Waals surface area contributed by atoms with Gasteiger partial charge < -0.3 is 9.80 Å². The van der Waals surface area contributed by atoms with E-state index in [2.05, 4.69) is 0 Å². The number of sulfone groups is 1. The number of piperidine rings is 1. The summed E-state index contributed by atoms with van der Waals surface area (Å²) < 4.78 is 118. The lowest BCUT2D eigenvalue weighted by Gasteiger charge is -2.41. The zero-order valence-electron chi connectivity index (χ0n) is 22.8. The molecule has 0 radical (unpaired) electrons. The van der Waals surface area contributed by atoms with Gasteiger partial charge in [0.05, 0.1) is 22.9 Å². The molecule has 3 rings (SSSR count). The molecule has 1 aliphatic heterocycles. The van der Waals surface area contributed by atoms with Gasteiger partial charge in [0, 0.05) is 38.2 Å². The second-order valence-electron chi connectivity index (χ2n) is 10.4. The van der Waals surface area contributed by atoms with Crippen LogP contribution in [-0.4, -0.2) is 62.8 Å². The van der Waals surface area contributed by atoms with Crippen molar-refractivity contribution in [3.63, 3.8) is 0 Å². The van der Waals surface area contributed by atoms with Crippen molar-refractivity contribution in [2.45, 2.75) is 44.6 Å². The second kappa shape index (κ2) is 12.9. The molecule has 1 heterocycles. The second-order valence-corrected chi connectivity index (χ2v) is 12.7. The van der Waals surface area contributed by atoms with E-state index in [0.29, 0.717) is 29.8 Å². The Morgan fingerprint density at radius 3 is 2.10 bits per heavy atom. The predicted molar refractivity (Wildman–Crippen MR) is 143 cm³/mol. The summed E-state index contributed by atoms with van der Waals surface area (Å²) in [5.74, 6) is -2.31. The van der Waals surface area contributed by atoms with Gasteiger partial charge in [-0.1, -0.05) is 6.07 Å². The summed E-state index contributed by atoms with van der Waals surface area (Å²) in [7, 11) is -1.93. The Labute approximate surface area is 241 Å². The molecular formula is C27H32ClF7N2O3S. The first-order valence-corrected chi connectivity index (χ1v) is 14.6. The van der Waals surface area contributed by atoms with Gasteiger partial charge >= 0.3 is 12.4 Å². The standard InChI is InChI=1S/C27H31F7N2O3S.ClH/c1-16-11-21(28)5-6-22(16)24-15-36(9-10-40(4,38)39)8-7-23(24)25(37)35(3)17(2)18-12-19(26(29,30)31)14-20(13-18)27(32,33)34;/h5-6,11-14,17,23-24H,7-10,15H2,1-4H3;1H/t17-,23?,24?;/m0./s1. The number of hydrogen-bond acceptors (Lipinski definition) is 4. The van der Waals surface area contributed by atoms with Crippen molar-refractivity contribution in [3.8, 4) is 0 Å². The highest BCUT2D eigenvalue weighted by Gasteiger charge is 2.40. The first kappa shape index (κ1) is 34.8. The molecule has 1 aliphatic rings. The van der Waals surface area contributed by atoms with Gasteiger partial charge in [0.2, 0.25) is 5.91 Å². The van der Waals surface area contributed by atoms with Crippen LogP contribution in [0.15, 0.2) is 36.4 Å². The van der Waals surface area contributed by atoms with Crippen molar-refractivity contribution >= 4 is 28.2 Å². The molecule has 230 valence electrons. The quantitative estimate of drug-likeness (QED) is 0.338. The number of alkyl halides is 6. The molecule has 0 N–H and O–H groups in total. The van der Waals surface area contributed by atoms with E-state index >= 15 is 0 Å². The lowest BCUT2D eigenvalue weighted by Crippen LogP contribution is -2.47. The molecule has 0 bridgehead atoms. The Hall–Kier alpha value is -2.38. The highest BCUT2D eigenvalue weighted by atomic mass is 35.5. The van der Waals surface area contributed by atoms with E-state index in [1.807, 2.05) is 4.90 Å². The van der Waals surface area contributed by atoms with Gasteiger partial charge in [0.15, 0.2) is 0 Å². The van der Waals surface area contributed by atoms with E-state index in [1.165, 1.54) is 26.1 Å². The molecule has 2 aromatic carbocycles. The van der Waals surface area contributed by atoms with Gasteiger partial charge in [0.1, 0.15) is 15.7 Å². The van der Waals surface area contributed by atoms with Crippen LogP contribution in [0.25, 0.3) is 0 Å². The number of hydrogen-bond donors (Lipinski definition) is 0. The number of nitrogens with zero attached hydrogens (tertiary/aromatic N) is 2. The molecule has 0 spiro atoms. The van der Waals surface area contributed by atoms with E-state index in [-0.39, 0.29) is 49.3 Å². The lowest BCUT2D eigenvalue weighted by molar-refractivity contribution is -0.143. The Bertz CT molecular complexity index is 1320. The van der Waals surface area contributed by atoms with E-state index in [0.717, 1.165) is 11.2 Å². The van der Waals surface area contributed by atoms with Crippen LogP contribution >= 0.6 is 12.4 Å². The Morgan fingerprint density at radius 1 is 1.05 bits per heavy atom. The van der Waals surface area contributed by atoms with Gasteiger partial charge in [0.25, 0.3) is 0 Å². The number of carbonyl (C=O) groups excluding carboxylic acids is 1. The molecular weight excluding hydrogens is 601 g/mol. The third kappa shape index (κ3) is 8.81. The number of rotatable bonds is 7. The summed E-state index contributed by atoms with van der Waals surface area (Å²) in [6, 6.07) is 4.22. The van der Waals surface area contributed by atoms with E-state index < -0.39 is 62.9 Å². The first-order valence-electron chi connectivity index (χ1n) is 12.5. The number of aryl methyl sites for hydroxylation is 1. The molecule has 14 heteroatoms. The average molecular weight is 633 g/mol. The first-order chi connectivity index (χ1) is 18.3. The van der Waals surface area contributed by atoms with Crippen molar-refractivity contribution in [2.75, 3.05) is 38.7 Å². The van der Waals surface area contributed by atoms with Crippen LogP contribution in [-0.2, 0) is 27.0 Å². The van der Waals surface area contributed by atoms with Gasteiger partial charge in [-0.05, 0) is 73.8 Å². The Balaban J connectivity index is 0.00000588. The minimum atomic E-state index is -5.03. The Kier molecular flexibility index (Phi) is 10.9. The molecule has 1 fully saturated rings. The fourth-order valence-corrected chi connectivity index (χ4v) is 5.67. The van der Waals surface area contributed by atoms with Crippen molar-refractivity contribution in [1.29, 1.82) is 0 Å². The third-order valence-electron chi connectivity index (χ3n) is 7.44. The van der Waals surface area contributed by atoms with Gasteiger partial charge in [-0.3, -0.25) is 4.79 Å². The van der Waals surface area contributed by atoms with Crippen molar-refractivity contribution in [3.05, 3.63) is 70.0 Å². The molecule has 2 unspecified atom stereocenters. The summed E-state index contributed by atoms with van der Waals surface area (Å²) in [6.07, 6.45) is -8.68. The zero-order chi connectivity index (χ0) is 30.2. The minimum absolute atomic E-state index is 0. The number of halogens is 8. The maximum Gasteiger partial charge on any atom is 0.416 e. The minimum Gasteiger partial charge on any atom is -0.339 e. The van der Waals surface area contributed by atoms with Crippen LogP contribution in [0.2, 0.25) is 0 Å². The fourth-order valence-electron chi connectivity index (χ4n) is 5.08. The summed E-state index contributed by atoms with van der Waals surface area (Å²) >= 11 is 0. The molecule has 0 aliphatic carbocycles. The van der Waals surface area contributed by atoms with Crippen LogP contribution in [0.5, 0.6) is 0 Å². The molecule has 41 heavy (non-hydrogen) atoms. The van der Waals surface area contributed by atoms with Crippen molar-refractivity contribution in [2.24, 2.45) is 5.92 Å². The van der Waals surface area contributed by atoms with Gasteiger partial charge in [-0.25, -0.2) is 12.8 Å². The largest absolute Gasteiger partial charge is 0.416 e. The number of amides is 1. The molecule has 1 amide bonds. The molecule has 1 saturated heterocycles. The topological polar surface area (TPSA) is 57.7 Å². The number of likely N-dealkylation sites (tertiary alicyclic amines) is 1. The van der Waals surface area contributed by atoms with Gasteiger partial charge in [-0.2, -0.15) is 26.3 Å². The Morgan fingerprint density at radius 2 is 1.61 bits per heavy atom. The van der Waals surface area contributed by atoms with E-state index in [4.69, 9.17) is 0 Å². The lowest BCUT2D eigenvalue weighted by atomic mass is 9.78. The number of carbonyl (C=O) groups is 1. The average Bonchev–Trinajstić information content (AvgIpc) is 2.84. The van der Waals surface area contributed by atoms with Gasteiger partial charge in [-0.15, -0.1) is 12.4 Å². The SMILES string of the molecule is Cc1cc(F)ccc1C1CN(CCS(C)(=O)=O)CCC1C(=O)N(C)[C@@H](C)c1cc(C(F)(F)F)cc(C(F)(F)F)c1.Cl. The van der Waals surface area contributed by atoms with E-state index in [9.17, 15) is 43.9 Å². The maximum atomic E-state index is 13.8. The summed E-state index contributed by atoms with van der Waals surface area (Å²) in [5, 5.41) is 0. The highest BCUT2D eigenvalue weighted by Crippen LogP contribution is 2.40. The molecule has 0 saturated carbocycles. The molecule has 3 atom stereocenters. The molecule has 0 aromatic heterocycles. The van der Waals surface area contributed by atoms with Crippen LogP contribution in [0.3, 0.4) is 0 Å². The maximum absolute atomic E-state index is 13.8. The molecule has 2 aromatic rings. The van der Waals surface area contributed by atoms with Crippen LogP contribution < -0.4 is 0 Å². The monoisotopic (exact) mass is 632 g/mol. The third-order valence-corrected chi connectivity index (χ3v) is 8.37. The number of benzene rings is 2. The van der Waals surface area contributed by atoms with Crippen LogP contribution in [0.1, 0.15) is 53.1 Å². The summed E-state index contributed by atoms with van der Waals surface area (Å²) in [4.78, 5) is 16.8. The van der Waals surface area contributed by atoms with Crippen molar-refractivity contribution in [1.82, 2.24) is 9.80 Å². The van der Waals surface area contributed by atoms with Crippen LogP contribution in [0, 0.1) is 18.7 Å². The smallest absolute Gasteiger partial charge is 0.339 e. The highest BCUT2D eigenvalue weighted by molar-refractivity contribution is 7.90.